The van der Waals surface area contributed by atoms with E-state index in [-0.39, 0.29) is 5.01 Å². The number of carboxylic acid groups (broad SMARTS) is 1. The van der Waals surface area contributed by atoms with Crippen molar-refractivity contribution in [2.45, 2.75) is 13.1 Å². The maximum Gasteiger partial charge on any atom is 0.365 e. The molecule has 0 saturated heterocycles. The number of hydrogen-bond acceptors (Lipinski definition) is 4. The van der Waals surface area contributed by atoms with Gasteiger partial charge >= 0.3 is 5.97 Å². The molecule has 0 spiro atoms. The summed E-state index contributed by atoms with van der Waals surface area (Å²) in [6, 6.07) is 10.1. The summed E-state index contributed by atoms with van der Waals surface area (Å²) in [7, 11) is 1.99. The topological polar surface area (TPSA) is 53.4 Å². The lowest BCUT2D eigenvalue weighted by molar-refractivity contribution is 0.0696. The van der Waals surface area contributed by atoms with Gasteiger partial charge in [-0.1, -0.05) is 30.3 Å². The molecule has 1 aromatic heterocycles. The number of benzene rings is 1. The number of rotatable bonds is 5. The molecular weight excluding hydrogens is 248 g/mol. The molecule has 5 heteroatoms. The smallest absolute Gasteiger partial charge is 0.365 e. The molecule has 1 N–H and O–H groups in total. The molecule has 0 aliphatic rings. The summed E-state index contributed by atoms with van der Waals surface area (Å²) >= 11 is 1.17. The number of carbonyl (C=O) groups is 1. The standard InChI is InChI=1S/C13H14N2O2S/c1-15(7-10-5-3-2-4-6-10)8-11-9-18-12(14-11)13(16)17/h2-6,9H,7-8H2,1H3,(H,16,17). The zero-order valence-electron chi connectivity index (χ0n) is 10.0. The van der Waals surface area contributed by atoms with Gasteiger partial charge in [-0.25, -0.2) is 9.78 Å². The summed E-state index contributed by atoms with van der Waals surface area (Å²) in [5, 5.41) is 10.7. The highest BCUT2D eigenvalue weighted by atomic mass is 32.1. The van der Waals surface area contributed by atoms with Crippen LogP contribution < -0.4 is 0 Å². The Morgan fingerprint density at radius 2 is 2.06 bits per heavy atom. The second kappa shape index (κ2) is 5.75. The first-order chi connectivity index (χ1) is 8.65. The molecule has 0 saturated carbocycles. The van der Waals surface area contributed by atoms with Crippen LogP contribution in [0.15, 0.2) is 35.7 Å². The van der Waals surface area contributed by atoms with E-state index in [1.807, 2.05) is 25.2 Å². The number of carboxylic acids is 1. The molecular formula is C13H14N2O2S. The van der Waals surface area contributed by atoms with Crippen molar-refractivity contribution in [3.63, 3.8) is 0 Å². The highest BCUT2D eigenvalue weighted by Gasteiger charge is 2.10. The summed E-state index contributed by atoms with van der Waals surface area (Å²) in [6.07, 6.45) is 0. The van der Waals surface area contributed by atoms with Gasteiger partial charge in [0, 0.05) is 18.5 Å². The Morgan fingerprint density at radius 3 is 2.67 bits per heavy atom. The minimum atomic E-state index is -0.961. The van der Waals surface area contributed by atoms with Crippen LogP contribution in [0.5, 0.6) is 0 Å². The number of aromatic carboxylic acids is 1. The van der Waals surface area contributed by atoms with E-state index in [0.717, 1.165) is 12.2 Å². The number of nitrogens with zero attached hydrogens (tertiary/aromatic N) is 2. The summed E-state index contributed by atoms with van der Waals surface area (Å²) in [6.45, 7) is 1.47. The Labute approximate surface area is 110 Å². The molecule has 94 valence electrons. The first-order valence-electron chi connectivity index (χ1n) is 5.55. The van der Waals surface area contributed by atoms with E-state index < -0.39 is 5.97 Å². The first kappa shape index (κ1) is 12.7. The van der Waals surface area contributed by atoms with E-state index in [9.17, 15) is 4.79 Å². The van der Waals surface area contributed by atoms with Gasteiger partial charge in [-0.05, 0) is 12.6 Å². The largest absolute Gasteiger partial charge is 0.476 e. The monoisotopic (exact) mass is 262 g/mol. The van der Waals surface area contributed by atoms with Crippen molar-refractivity contribution < 1.29 is 9.90 Å². The Morgan fingerprint density at radius 1 is 1.33 bits per heavy atom. The van der Waals surface area contributed by atoms with E-state index in [1.54, 1.807) is 5.38 Å². The van der Waals surface area contributed by atoms with E-state index in [4.69, 9.17) is 5.11 Å². The lowest BCUT2D eigenvalue weighted by Gasteiger charge is -2.15. The van der Waals surface area contributed by atoms with Gasteiger partial charge in [0.15, 0.2) is 0 Å². The van der Waals surface area contributed by atoms with Crippen molar-refractivity contribution in [1.82, 2.24) is 9.88 Å². The summed E-state index contributed by atoms with van der Waals surface area (Å²) in [4.78, 5) is 16.9. The van der Waals surface area contributed by atoms with Crippen LogP contribution in [-0.4, -0.2) is 28.0 Å². The van der Waals surface area contributed by atoms with Crippen LogP contribution in [0.1, 0.15) is 21.1 Å². The minimum Gasteiger partial charge on any atom is -0.476 e. The van der Waals surface area contributed by atoms with Crippen LogP contribution >= 0.6 is 11.3 Å². The second-order valence-electron chi connectivity index (χ2n) is 4.11. The van der Waals surface area contributed by atoms with Crippen LogP contribution in [0.3, 0.4) is 0 Å². The second-order valence-corrected chi connectivity index (χ2v) is 4.97. The Kier molecular flexibility index (Phi) is 4.07. The average molecular weight is 262 g/mol. The third kappa shape index (κ3) is 3.38. The predicted octanol–water partition coefficient (Wildman–Crippen LogP) is 2.47. The maximum atomic E-state index is 10.7. The van der Waals surface area contributed by atoms with E-state index in [1.165, 1.54) is 16.9 Å². The summed E-state index contributed by atoms with van der Waals surface area (Å²) in [5.41, 5.74) is 2.03. The van der Waals surface area contributed by atoms with Gasteiger partial charge in [-0.3, -0.25) is 4.90 Å². The van der Waals surface area contributed by atoms with E-state index in [0.29, 0.717) is 6.54 Å². The fourth-order valence-corrected chi connectivity index (χ4v) is 2.35. The molecule has 0 aliphatic heterocycles. The van der Waals surface area contributed by atoms with Crippen LogP contribution in [-0.2, 0) is 13.1 Å². The quantitative estimate of drug-likeness (QED) is 0.899. The fraction of sp³-hybridized carbons (Fsp3) is 0.231. The van der Waals surface area contributed by atoms with Crippen LogP contribution in [0, 0.1) is 0 Å². The normalized spacial score (nSPS) is 10.8. The van der Waals surface area contributed by atoms with Gasteiger partial charge in [0.05, 0.1) is 5.69 Å². The number of hydrogen-bond donors (Lipinski definition) is 1. The van der Waals surface area contributed by atoms with Gasteiger partial charge in [-0.2, -0.15) is 0 Å². The van der Waals surface area contributed by atoms with Gasteiger partial charge in [0.1, 0.15) is 0 Å². The molecule has 18 heavy (non-hydrogen) atoms. The Balaban J connectivity index is 1.94. The molecule has 0 bridgehead atoms. The lowest BCUT2D eigenvalue weighted by Crippen LogP contribution is -2.17. The molecule has 1 aromatic carbocycles. The molecule has 0 radical (unpaired) electrons. The van der Waals surface area contributed by atoms with Gasteiger partial charge in [-0.15, -0.1) is 11.3 Å². The third-order valence-corrected chi connectivity index (χ3v) is 3.34. The molecule has 0 fully saturated rings. The van der Waals surface area contributed by atoms with Crippen molar-refractivity contribution in [2.75, 3.05) is 7.05 Å². The zero-order valence-corrected chi connectivity index (χ0v) is 10.9. The van der Waals surface area contributed by atoms with Crippen LogP contribution in [0.4, 0.5) is 0 Å². The molecule has 2 aromatic rings. The van der Waals surface area contributed by atoms with E-state index in [2.05, 4.69) is 22.0 Å². The van der Waals surface area contributed by atoms with Crippen LogP contribution in [0.2, 0.25) is 0 Å². The molecule has 0 atom stereocenters. The molecule has 2 rings (SSSR count). The molecule has 0 amide bonds. The highest BCUT2D eigenvalue weighted by molar-refractivity contribution is 7.11. The molecule has 4 nitrogen and oxygen atoms in total. The zero-order chi connectivity index (χ0) is 13.0. The van der Waals surface area contributed by atoms with E-state index >= 15 is 0 Å². The summed E-state index contributed by atoms with van der Waals surface area (Å²) in [5.74, 6) is -0.961. The summed E-state index contributed by atoms with van der Waals surface area (Å²) < 4.78 is 0. The molecule has 0 unspecified atom stereocenters. The number of aromatic nitrogens is 1. The Hall–Kier alpha value is -1.72. The SMILES string of the molecule is CN(Cc1ccccc1)Cc1csc(C(=O)O)n1. The van der Waals surface area contributed by atoms with Gasteiger partial charge < -0.3 is 5.11 Å². The average Bonchev–Trinajstić information content (AvgIpc) is 2.78. The van der Waals surface area contributed by atoms with Crippen molar-refractivity contribution in [2.24, 2.45) is 0 Å². The highest BCUT2D eigenvalue weighted by Crippen LogP contribution is 2.12. The maximum absolute atomic E-state index is 10.7. The predicted molar refractivity (Wildman–Crippen MR) is 70.7 cm³/mol. The molecule has 1 heterocycles. The van der Waals surface area contributed by atoms with Crippen LogP contribution in [0.25, 0.3) is 0 Å². The lowest BCUT2D eigenvalue weighted by atomic mass is 10.2. The minimum absolute atomic E-state index is 0.151. The molecule has 0 aliphatic carbocycles. The number of thiazole rings is 1. The van der Waals surface area contributed by atoms with Crippen molar-refractivity contribution >= 4 is 17.3 Å². The third-order valence-electron chi connectivity index (χ3n) is 2.46. The fourth-order valence-electron chi connectivity index (χ4n) is 1.71. The van der Waals surface area contributed by atoms with Gasteiger partial charge in [0.25, 0.3) is 0 Å². The van der Waals surface area contributed by atoms with Gasteiger partial charge in [0.2, 0.25) is 5.01 Å². The van der Waals surface area contributed by atoms with Crippen molar-refractivity contribution in [3.05, 3.63) is 52.0 Å². The van der Waals surface area contributed by atoms with Crippen molar-refractivity contribution in [3.8, 4) is 0 Å². The van der Waals surface area contributed by atoms with Crippen molar-refractivity contribution in [1.29, 1.82) is 0 Å². The first-order valence-corrected chi connectivity index (χ1v) is 6.43. The Bertz CT molecular complexity index is 525.